The van der Waals surface area contributed by atoms with Crippen LogP contribution in [0, 0.1) is 0 Å². The van der Waals surface area contributed by atoms with Crippen LogP contribution in [-0.2, 0) is 6.54 Å². The largest absolute Gasteiger partial charge is 0.444 e. The zero-order valence-corrected chi connectivity index (χ0v) is 17.9. The second-order valence-corrected chi connectivity index (χ2v) is 6.50. The molecule has 1 aromatic carbocycles. The van der Waals surface area contributed by atoms with Crippen molar-refractivity contribution in [2.24, 2.45) is 4.99 Å². The maximum atomic E-state index is 5.54. The molecule has 1 aromatic heterocycles. The first-order valence-electron chi connectivity index (χ1n) is 8.04. The van der Waals surface area contributed by atoms with Crippen LogP contribution in [0.15, 0.2) is 46.0 Å². The van der Waals surface area contributed by atoms with E-state index in [4.69, 9.17) is 4.42 Å². The van der Waals surface area contributed by atoms with Gasteiger partial charge >= 0.3 is 0 Å². The summed E-state index contributed by atoms with van der Waals surface area (Å²) >= 11 is 0. The normalized spacial score (nSPS) is 12.0. The number of guanidine groups is 1. The maximum absolute atomic E-state index is 5.54. The fraction of sp³-hybridized carbons (Fsp3) is 0.444. The number of aromatic nitrogens is 1. The molecule has 0 amide bonds. The number of halogens is 1. The van der Waals surface area contributed by atoms with Gasteiger partial charge in [-0.3, -0.25) is 4.99 Å². The molecule has 6 nitrogen and oxygen atoms in total. The van der Waals surface area contributed by atoms with E-state index in [0.717, 1.165) is 23.8 Å². The Morgan fingerprint density at radius 2 is 1.88 bits per heavy atom. The highest BCUT2D eigenvalue weighted by Crippen LogP contribution is 2.17. The molecule has 0 bridgehead atoms. The van der Waals surface area contributed by atoms with Gasteiger partial charge in [-0.25, -0.2) is 4.98 Å². The average molecular weight is 457 g/mol. The van der Waals surface area contributed by atoms with Crippen molar-refractivity contribution < 1.29 is 4.42 Å². The van der Waals surface area contributed by atoms with E-state index in [-0.39, 0.29) is 29.5 Å². The summed E-state index contributed by atoms with van der Waals surface area (Å²) < 4.78 is 5.54. The Kier molecular flexibility index (Phi) is 8.37. The quantitative estimate of drug-likeness (QED) is 0.397. The summed E-state index contributed by atoms with van der Waals surface area (Å²) in [5.74, 6) is 1.37. The summed E-state index contributed by atoms with van der Waals surface area (Å²) in [7, 11) is 5.90. The molecule has 0 aliphatic carbocycles. The summed E-state index contributed by atoms with van der Waals surface area (Å²) in [6.45, 7) is 5.69. The molecule has 0 spiro atoms. The second kappa shape index (κ2) is 9.76. The third-order valence-electron chi connectivity index (χ3n) is 4.13. The van der Waals surface area contributed by atoms with E-state index in [9.17, 15) is 0 Å². The summed E-state index contributed by atoms with van der Waals surface area (Å²) in [4.78, 5) is 10.9. The van der Waals surface area contributed by atoms with Crippen molar-refractivity contribution >= 4 is 29.9 Å². The smallest absolute Gasteiger partial charge is 0.226 e. The number of benzene rings is 1. The van der Waals surface area contributed by atoms with E-state index in [2.05, 4.69) is 53.5 Å². The van der Waals surface area contributed by atoms with Gasteiger partial charge in [-0.1, -0.05) is 18.2 Å². The molecule has 0 saturated carbocycles. The van der Waals surface area contributed by atoms with Crippen LogP contribution in [0.1, 0.15) is 19.5 Å². The van der Waals surface area contributed by atoms with Gasteiger partial charge in [0.1, 0.15) is 6.26 Å². The zero-order chi connectivity index (χ0) is 17.6. The molecule has 2 rings (SSSR count). The van der Waals surface area contributed by atoms with Gasteiger partial charge in [0.25, 0.3) is 0 Å². The maximum Gasteiger partial charge on any atom is 0.226 e. The van der Waals surface area contributed by atoms with Crippen LogP contribution in [0.5, 0.6) is 0 Å². The molecule has 0 aliphatic heterocycles. The van der Waals surface area contributed by atoms with Gasteiger partial charge in [-0.15, -0.1) is 24.0 Å². The van der Waals surface area contributed by atoms with Crippen molar-refractivity contribution in [3.8, 4) is 11.5 Å². The Hall–Kier alpha value is -1.61. The third-order valence-corrected chi connectivity index (χ3v) is 4.13. The van der Waals surface area contributed by atoms with Gasteiger partial charge in [0.15, 0.2) is 5.96 Å². The van der Waals surface area contributed by atoms with E-state index in [1.807, 2.05) is 30.3 Å². The van der Waals surface area contributed by atoms with E-state index in [1.165, 1.54) is 0 Å². The van der Waals surface area contributed by atoms with Crippen molar-refractivity contribution in [3.63, 3.8) is 0 Å². The van der Waals surface area contributed by atoms with E-state index in [0.29, 0.717) is 12.4 Å². The fourth-order valence-corrected chi connectivity index (χ4v) is 1.95. The molecule has 1 heterocycles. The summed E-state index contributed by atoms with van der Waals surface area (Å²) in [5.41, 5.74) is 1.84. The molecule has 2 aromatic rings. The number of aliphatic imine (C=N–C) groups is 1. The molecule has 2 N–H and O–H groups in total. The van der Waals surface area contributed by atoms with Gasteiger partial charge in [0.05, 0.1) is 12.2 Å². The van der Waals surface area contributed by atoms with E-state index in [1.54, 1.807) is 13.3 Å². The lowest BCUT2D eigenvalue weighted by Crippen LogP contribution is -2.50. The molecule has 0 saturated heterocycles. The first-order valence-corrected chi connectivity index (χ1v) is 8.04. The standard InChI is InChI=1S/C18H27N5O.HI/c1-18(2,23(4)5)13-21-17(19-3)20-11-15-12-24-16(22-15)14-9-7-6-8-10-14;/h6-10,12H,11,13H2,1-5H3,(H2,19,20,21);1H. The van der Waals surface area contributed by atoms with Crippen LogP contribution < -0.4 is 10.6 Å². The van der Waals surface area contributed by atoms with Crippen LogP contribution in [0.25, 0.3) is 11.5 Å². The number of nitrogens with one attached hydrogen (secondary N) is 2. The Bertz CT molecular complexity index is 667. The van der Waals surface area contributed by atoms with Crippen molar-refractivity contribution in [1.29, 1.82) is 0 Å². The molecule has 0 fully saturated rings. The second-order valence-electron chi connectivity index (χ2n) is 6.50. The van der Waals surface area contributed by atoms with Gasteiger partial charge < -0.3 is 20.0 Å². The number of hydrogen-bond donors (Lipinski definition) is 2. The average Bonchev–Trinajstić information content (AvgIpc) is 3.04. The molecule has 0 radical (unpaired) electrons. The predicted octanol–water partition coefficient (Wildman–Crippen LogP) is 2.96. The number of hydrogen-bond acceptors (Lipinski definition) is 4. The predicted molar refractivity (Wildman–Crippen MR) is 113 cm³/mol. The van der Waals surface area contributed by atoms with E-state index >= 15 is 0 Å². The summed E-state index contributed by atoms with van der Waals surface area (Å²) in [6, 6.07) is 9.87. The number of rotatable bonds is 6. The number of likely N-dealkylation sites (N-methyl/N-ethyl adjacent to an activating group) is 1. The Morgan fingerprint density at radius 1 is 1.20 bits per heavy atom. The van der Waals surface area contributed by atoms with Crippen molar-refractivity contribution in [2.75, 3.05) is 27.7 Å². The molecular formula is C18H28IN5O. The molecule has 25 heavy (non-hydrogen) atoms. The third kappa shape index (κ3) is 6.32. The number of nitrogens with zero attached hydrogens (tertiary/aromatic N) is 3. The van der Waals surface area contributed by atoms with Crippen LogP contribution in [0.3, 0.4) is 0 Å². The zero-order valence-electron chi connectivity index (χ0n) is 15.5. The summed E-state index contributed by atoms with van der Waals surface area (Å²) in [6.07, 6.45) is 1.67. The fourth-order valence-electron chi connectivity index (χ4n) is 1.95. The van der Waals surface area contributed by atoms with Gasteiger partial charge in [-0.2, -0.15) is 0 Å². The molecule has 0 unspecified atom stereocenters. The van der Waals surface area contributed by atoms with Crippen LogP contribution in [-0.4, -0.2) is 49.1 Å². The molecule has 0 atom stereocenters. The Morgan fingerprint density at radius 3 is 2.48 bits per heavy atom. The van der Waals surface area contributed by atoms with Crippen molar-refractivity contribution in [1.82, 2.24) is 20.5 Å². The molecule has 0 aliphatic rings. The minimum atomic E-state index is 0. The SMILES string of the molecule is CN=C(NCc1coc(-c2ccccc2)n1)NCC(C)(C)N(C)C.I. The minimum absolute atomic E-state index is 0. The van der Waals surface area contributed by atoms with Gasteiger partial charge in [0, 0.05) is 24.7 Å². The monoisotopic (exact) mass is 457 g/mol. The highest BCUT2D eigenvalue weighted by Gasteiger charge is 2.20. The number of oxazole rings is 1. The highest BCUT2D eigenvalue weighted by atomic mass is 127. The first kappa shape index (κ1) is 21.4. The van der Waals surface area contributed by atoms with Crippen LogP contribution in [0.2, 0.25) is 0 Å². The van der Waals surface area contributed by atoms with Crippen LogP contribution >= 0.6 is 24.0 Å². The molecular weight excluding hydrogens is 429 g/mol. The highest BCUT2D eigenvalue weighted by molar-refractivity contribution is 14.0. The van der Waals surface area contributed by atoms with Crippen LogP contribution in [0.4, 0.5) is 0 Å². The van der Waals surface area contributed by atoms with E-state index < -0.39 is 0 Å². The lowest BCUT2D eigenvalue weighted by molar-refractivity contribution is 0.197. The van der Waals surface area contributed by atoms with Gasteiger partial charge in [-0.05, 0) is 40.1 Å². The summed E-state index contributed by atoms with van der Waals surface area (Å²) in [5, 5.41) is 6.60. The van der Waals surface area contributed by atoms with Crippen molar-refractivity contribution in [2.45, 2.75) is 25.9 Å². The minimum Gasteiger partial charge on any atom is -0.444 e. The Balaban J connectivity index is 0.00000312. The Labute approximate surface area is 167 Å². The van der Waals surface area contributed by atoms with Gasteiger partial charge in [0.2, 0.25) is 5.89 Å². The molecule has 7 heteroatoms. The lowest BCUT2D eigenvalue weighted by atomic mass is 10.0. The first-order chi connectivity index (χ1) is 11.4. The lowest BCUT2D eigenvalue weighted by Gasteiger charge is -2.33. The topological polar surface area (TPSA) is 65.7 Å². The molecule has 138 valence electrons. The van der Waals surface area contributed by atoms with Crippen molar-refractivity contribution in [3.05, 3.63) is 42.3 Å².